The van der Waals surface area contributed by atoms with E-state index in [1.54, 1.807) is 0 Å². The van der Waals surface area contributed by atoms with Gasteiger partial charge < -0.3 is 10.8 Å². The summed E-state index contributed by atoms with van der Waals surface area (Å²) in [4.78, 5) is 9.60. The van der Waals surface area contributed by atoms with E-state index in [-0.39, 0.29) is 5.54 Å². The molecule has 0 atom stereocenters. The molecule has 0 saturated heterocycles. The number of carboxylic acids is 1. The number of carbonyl (C=O) groups is 1. The van der Waals surface area contributed by atoms with Crippen molar-refractivity contribution in [1.82, 2.24) is 0 Å². The van der Waals surface area contributed by atoms with Gasteiger partial charge in [0, 0.05) is 12.0 Å². The lowest BCUT2D eigenvalue weighted by molar-refractivity contribution is -0.137. The molecule has 0 bridgehead atoms. The van der Waals surface area contributed by atoms with E-state index in [1.807, 2.05) is 27.7 Å². The number of carboxylic acid groups (broad SMARTS) is 1. The van der Waals surface area contributed by atoms with E-state index < -0.39 is 5.97 Å². The van der Waals surface area contributed by atoms with Crippen LogP contribution in [0.5, 0.6) is 0 Å². The molecular formula is C8H19NO2. The number of rotatable bonds is 2. The second-order valence-corrected chi connectivity index (χ2v) is 3.51. The Kier molecular flexibility index (Phi) is 7.31. The Morgan fingerprint density at radius 2 is 1.73 bits per heavy atom. The standard InChI is InChI=1S/C4H11N.C4H8O2/c1-4(2,3)5;1-2-3-4(5)6/h5H2,1-3H3;2-3H2,1H3,(H,5,6). The van der Waals surface area contributed by atoms with Gasteiger partial charge in [-0.2, -0.15) is 0 Å². The molecule has 0 amide bonds. The summed E-state index contributed by atoms with van der Waals surface area (Å²) < 4.78 is 0. The Bertz CT molecular complexity index is 99.1. The average molecular weight is 161 g/mol. The van der Waals surface area contributed by atoms with Crippen molar-refractivity contribution in [2.24, 2.45) is 5.73 Å². The normalized spacial score (nSPS) is 9.91. The van der Waals surface area contributed by atoms with E-state index in [4.69, 9.17) is 10.8 Å². The SMILES string of the molecule is CC(C)(C)N.CCCC(=O)O. The molecule has 0 radical (unpaired) electrons. The average Bonchev–Trinajstić information content (AvgIpc) is 1.58. The summed E-state index contributed by atoms with van der Waals surface area (Å²) >= 11 is 0. The summed E-state index contributed by atoms with van der Waals surface area (Å²) in [5.41, 5.74) is 5.35. The molecule has 0 aliphatic carbocycles. The quantitative estimate of drug-likeness (QED) is 0.646. The van der Waals surface area contributed by atoms with E-state index in [9.17, 15) is 4.79 Å². The highest BCUT2D eigenvalue weighted by atomic mass is 16.4. The minimum atomic E-state index is -0.711. The Labute approximate surface area is 68.6 Å². The maximum Gasteiger partial charge on any atom is 0.303 e. The molecule has 3 heteroatoms. The van der Waals surface area contributed by atoms with Gasteiger partial charge >= 0.3 is 5.97 Å². The van der Waals surface area contributed by atoms with Crippen LogP contribution in [0.15, 0.2) is 0 Å². The van der Waals surface area contributed by atoms with Crippen molar-refractivity contribution in [3.63, 3.8) is 0 Å². The lowest BCUT2D eigenvalue weighted by atomic mass is 10.1. The molecule has 0 aliphatic rings. The van der Waals surface area contributed by atoms with Crippen LogP contribution >= 0.6 is 0 Å². The van der Waals surface area contributed by atoms with Crippen LogP contribution < -0.4 is 5.73 Å². The second kappa shape index (κ2) is 6.16. The first kappa shape index (κ1) is 13.1. The summed E-state index contributed by atoms with van der Waals surface area (Å²) in [6, 6.07) is 0. The zero-order valence-electron chi connectivity index (χ0n) is 7.85. The molecule has 68 valence electrons. The Morgan fingerprint density at radius 3 is 1.73 bits per heavy atom. The third-order valence-corrected chi connectivity index (χ3v) is 0.464. The number of hydrogen-bond donors (Lipinski definition) is 2. The molecule has 0 unspecified atom stereocenters. The summed E-state index contributed by atoms with van der Waals surface area (Å²) in [5.74, 6) is -0.711. The van der Waals surface area contributed by atoms with Crippen LogP contribution in [0.25, 0.3) is 0 Å². The third kappa shape index (κ3) is 88.2. The van der Waals surface area contributed by atoms with Crippen LogP contribution in [0, 0.1) is 0 Å². The summed E-state index contributed by atoms with van der Waals surface area (Å²) in [6.07, 6.45) is 1.02. The smallest absolute Gasteiger partial charge is 0.303 e. The van der Waals surface area contributed by atoms with Gasteiger partial charge in [-0.15, -0.1) is 0 Å². The summed E-state index contributed by atoms with van der Waals surface area (Å²) in [5, 5.41) is 7.91. The molecule has 0 aromatic heterocycles. The van der Waals surface area contributed by atoms with Crippen molar-refractivity contribution >= 4 is 5.97 Å². The molecular weight excluding hydrogens is 142 g/mol. The number of aliphatic carboxylic acids is 1. The van der Waals surface area contributed by atoms with E-state index >= 15 is 0 Å². The summed E-state index contributed by atoms with van der Waals surface area (Å²) in [6.45, 7) is 7.74. The fourth-order valence-electron chi connectivity index (χ4n) is 0.214. The fourth-order valence-corrected chi connectivity index (χ4v) is 0.214. The van der Waals surface area contributed by atoms with Crippen LogP contribution in [-0.4, -0.2) is 16.6 Å². The Morgan fingerprint density at radius 1 is 1.45 bits per heavy atom. The number of nitrogens with two attached hydrogens (primary N) is 1. The lowest BCUT2D eigenvalue weighted by Gasteiger charge is -2.06. The monoisotopic (exact) mass is 161 g/mol. The Hall–Kier alpha value is -0.570. The molecule has 3 N–H and O–H groups in total. The van der Waals surface area contributed by atoms with Gasteiger partial charge in [0.05, 0.1) is 0 Å². The van der Waals surface area contributed by atoms with Gasteiger partial charge in [-0.25, -0.2) is 0 Å². The molecule has 0 aliphatic heterocycles. The van der Waals surface area contributed by atoms with Gasteiger partial charge in [-0.1, -0.05) is 6.92 Å². The van der Waals surface area contributed by atoms with Gasteiger partial charge in [0.1, 0.15) is 0 Å². The van der Waals surface area contributed by atoms with Crippen LogP contribution in [0.3, 0.4) is 0 Å². The first-order valence-electron chi connectivity index (χ1n) is 3.78. The van der Waals surface area contributed by atoms with Crippen LogP contribution in [0.4, 0.5) is 0 Å². The van der Waals surface area contributed by atoms with E-state index in [2.05, 4.69) is 0 Å². The zero-order valence-corrected chi connectivity index (χ0v) is 7.85. The van der Waals surface area contributed by atoms with Crippen LogP contribution in [0.1, 0.15) is 40.5 Å². The predicted molar refractivity (Wildman–Crippen MR) is 46.5 cm³/mol. The minimum absolute atomic E-state index is 0. The maximum absolute atomic E-state index is 9.60. The molecule has 0 rings (SSSR count). The van der Waals surface area contributed by atoms with Gasteiger partial charge in [0.2, 0.25) is 0 Å². The van der Waals surface area contributed by atoms with E-state index in [0.29, 0.717) is 6.42 Å². The molecule has 0 fully saturated rings. The van der Waals surface area contributed by atoms with E-state index in [1.165, 1.54) is 0 Å². The largest absolute Gasteiger partial charge is 0.481 e. The highest BCUT2D eigenvalue weighted by Crippen LogP contribution is 1.88. The first-order valence-corrected chi connectivity index (χ1v) is 3.78. The molecule has 0 aromatic rings. The molecule has 0 heterocycles. The number of hydrogen-bond acceptors (Lipinski definition) is 2. The molecule has 11 heavy (non-hydrogen) atoms. The van der Waals surface area contributed by atoms with Crippen molar-refractivity contribution in [3.8, 4) is 0 Å². The predicted octanol–water partition coefficient (Wildman–Crippen LogP) is 1.61. The van der Waals surface area contributed by atoms with Gasteiger partial charge in [0.15, 0.2) is 0 Å². The lowest BCUT2D eigenvalue weighted by Crippen LogP contribution is -2.26. The van der Waals surface area contributed by atoms with Crippen LogP contribution in [0.2, 0.25) is 0 Å². The molecule has 0 spiro atoms. The molecule has 3 nitrogen and oxygen atoms in total. The van der Waals surface area contributed by atoms with Crippen molar-refractivity contribution < 1.29 is 9.90 Å². The van der Waals surface area contributed by atoms with Gasteiger partial charge in [-0.3, -0.25) is 4.79 Å². The van der Waals surface area contributed by atoms with Crippen molar-refractivity contribution in [2.45, 2.75) is 46.1 Å². The van der Waals surface area contributed by atoms with Crippen LogP contribution in [-0.2, 0) is 4.79 Å². The van der Waals surface area contributed by atoms with Gasteiger partial charge in [0.25, 0.3) is 0 Å². The highest BCUT2D eigenvalue weighted by molar-refractivity contribution is 5.66. The highest BCUT2D eigenvalue weighted by Gasteiger charge is 1.95. The fraction of sp³-hybridized carbons (Fsp3) is 0.875. The van der Waals surface area contributed by atoms with Gasteiger partial charge in [-0.05, 0) is 27.2 Å². The van der Waals surface area contributed by atoms with Crippen molar-refractivity contribution in [1.29, 1.82) is 0 Å². The van der Waals surface area contributed by atoms with E-state index in [0.717, 1.165) is 6.42 Å². The summed E-state index contributed by atoms with van der Waals surface area (Å²) in [7, 11) is 0. The molecule has 0 aromatic carbocycles. The zero-order chi connectivity index (χ0) is 9.49. The Balaban J connectivity index is 0. The second-order valence-electron chi connectivity index (χ2n) is 3.51. The third-order valence-electron chi connectivity index (χ3n) is 0.464. The minimum Gasteiger partial charge on any atom is -0.481 e. The topological polar surface area (TPSA) is 63.3 Å². The molecule has 0 saturated carbocycles. The van der Waals surface area contributed by atoms with Crippen molar-refractivity contribution in [2.75, 3.05) is 0 Å². The van der Waals surface area contributed by atoms with Crippen molar-refractivity contribution in [3.05, 3.63) is 0 Å². The maximum atomic E-state index is 9.60. The first-order chi connectivity index (χ1) is 4.77.